The zero-order valence-corrected chi connectivity index (χ0v) is 15.4. The fourth-order valence-corrected chi connectivity index (χ4v) is 3.07. The van der Waals surface area contributed by atoms with Gasteiger partial charge in [0, 0.05) is 25.1 Å². The van der Waals surface area contributed by atoms with Crippen LogP contribution in [-0.4, -0.2) is 32.1 Å². The summed E-state index contributed by atoms with van der Waals surface area (Å²) in [7, 11) is 1.59. The van der Waals surface area contributed by atoms with Crippen molar-refractivity contribution >= 4 is 17.5 Å². The summed E-state index contributed by atoms with van der Waals surface area (Å²) in [6.45, 7) is 1.07. The number of rotatable bonds is 7. The minimum Gasteiger partial charge on any atom is -0.497 e. The van der Waals surface area contributed by atoms with Crippen LogP contribution in [0.4, 0.5) is 5.69 Å². The molecule has 3 rings (SSSR count). The quantitative estimate of drug-likeness (QED) is 0.788. The molecule has 0 saturated carbocycles. The highest BCUT2D eigenvalue weighted by atomic mass is 16.5. The third-order valence-corrected chi connectivity index (χ3v) is 4.53. The number of ether oxygens (including phenoxy) is 2. The Morgan fingerprint density at radius 2 is 1.81 bits per heavy atom. The SMILES string of the molecule is COc1ccc(NC(=O)CCC(=O)NCC2OCCc3ccccc32)cc1. The monoisotopic (exact) mass is 368 g/mol. The molecule has 0 radical (unpaired) electrons. The molecule has 0 fully saturated rings. The number of hydrogen-bond acceptors (Lipinski definition) is 4. The van der Waals surface area contributed by atoms with Gasteiger partial charge in [-0.25, -0.2) is 0 Å². The van der Waals surface area contributed by atoms with Gasteiger partial charge in [0.2, 0.25) is 11.8 Å². The summed E-state index contributed by atoms with van der Waals surface area (Å²) in [6, 6.07) is 15.2. The van der Waals surface area contributed by atoms with E-state index in [-0.39, 0.29) is 30.8 Å². The Labute approximate surface area is 158 Å². The molecule has 2 aromatic carbocycles. The van der Waals surface area contributed by atoms with E-state index in [0.717, 1.165) is 17.7 Å². The molecule has 2 N–H and O–H groups in total. The Balaban J connectivity index is 1.41. The second kappa shape index (κ2) is 9.19. The maximum Gasteiger partial charge on any atom is 0.224 e. The molecule has 27 heavy (non-hydrogen) atoms. The number of benzene rings is 2. The van der Waals surface area contributed by atoms with E-state index in [1.165, 1.54) is 5.56 Å². The van der Waals surface area contributed by atoms with Crippen LogP contribution in [0, 0.1) is 0 Å². The molecule has 0 aromatic heterocycles. The lowest BCUT2D eigenvalue weighted by Gasteiger charge is -2.26. The van der Waals surface area contributed by atoms with E-state index < -0.39 is 0 Å². The van der Waals surface area contributed by atoms with Crippen molar-refractivity contribution in [2.75, 3.05) is 25.6 Å². The van der Waals surface area contributed by atoms with Crippen molar-refractivity contribution in [1.82, 2.24) is 5.32 Å². The van der Waals surface area contributed by atoms with Crippen LogP contribution in [0.3, 0.4) is 0 Å². The first-order chi connectivity index (χ1) is 13.2. The molecule has 0 spiro atoms. The Morgan fingerprint density at radius 1 is 1.07 bits per heavy atom. The highest BCUT2D eigenvalue weighted by molar-refractivity contribution is 5.93. The lowest BCUT2D eigenvalue weighted by atomic mass is 9.97. The van der Waals surface area contributed by atoms with Gasteiger partial charge in [0.1, 0.15) is 11.9 Å². The van der Waals surface area contributed by atoms with Crippen LogP contribution in [-0.2, 0) is 20.7 Å². The Hall–Kier alpha value is -2.86. The molecule has 1 atom stereocenters. The van der Waals surface area contributed by atoms with Gasteiger partial charge in [-0.1, -0.05) is 24.3 Å². The van der Waals surface area contributed by atoms with Crippen LogP contribution in [0.25, 0.3) is 0 Å². The molecule has 6 nitrogen and oxygen atoms in total. The third-order valence-electron chi connectivity index (χ3n) is 4.53. The van der Waals surface area contributed by atoms with Gasteiger partial charge in [0.25, 0.3) is 0 Å². The molecule has 0 saturated heterocycles. The standard InChI is InChI=1S/C21H24N2O4/c1-26-17-8-6-16(7-9-17)23-21(25)11-10-20(24)22-14-19-18-5-3-2-4-15(18)12-13-27-19/h2-9,19H,10-14H2,1H3,(H,22,24)(H,23,25). The number of fused-ring (bicyclic) bond motifs is 1. The molecule has 142 valence electrons. The first-order valence-electron chi connectivity index (χ1n) is 9.05. The second-order valence-electron chi connectivity index (χ2n) is 6.39. The van der Waals surface area contributed by atoms with Gasteiger partial charge >= 0.3 is 0 Å². The van der Waals surface area contributed by atoms with E-state index in [2.05, 4.69) is 16.7 Å². The average molecular weight is 368 g/mol. The third kappa shape index (κ3) is 5.31. The lowest BCUT2D eigenvalue weighted by Crippen LogP contribution is -2.32. The molecule has 2 aromatic rings. The van der Waals surface area contributed by atoms with Gasteiger partial charge in [-0.2, -0.15) is 0 Å². The van der Waals surface area contributed by atoms with Gasteiger partial charge in [0.05, 0.1) is 13.7 Å². The van der Waals surface area contributed by atoms with Crippen LogP contribution in [0.15, 0.2) is 48.5 Å². The van der Waals surface area contributed by atoms with Crippen molar-refractivity contribution in [2.24, 2.45) is 0 Å². The predicted molar refractivity (Wildman–Crippen MR) is 103 cm³/mol. The van der Waals surface area contributed by atoms with E-state index in [4.69, 9.17) is 9.47 Å². The first-order valence-corrected chi connectivity index (χ1v) is 9.05. The lowest BCUT2D eigenvalue weighted by molar-refractivity contribution is -0.124. The minimum absolute atomic E-state index is 0.125. The fourth-order valence-electron chi connectivity index (χ4n) is 3.07. The largest absolute Gasteiger partial charge is 0.497 e. The number of amides is 2. The van der Waals surface area contributed by atoms with E-state index in [9.17, 15) is 9.59 Å². The molecular formula is C21H24N2O4. The number of hydrogen-bond donors (Lipinski definition) is 2. The van der Waals surface area contributed by atoms with Crippen molar-refractivity contribution in [3.63, 3.8) is 0 Å². The molecule has 1 aliphatic rings. The van der Waals surface area contributed by atoms with Gasteiger partial charge < -0.3 is 20.1 Å². The maximum absolute atomic E-state index is 12.1. The molecular weight excluding hydrogens is 344 g/mol. The molecule has 1 aliphatic heterocycles. The molecule has 1 unspecified atom stereocenters. The first kappa shape index (κ1) is 18.9. The summed E-state index contributed by atoms with van der Waals surface area (Å²) >= 11 is 0. The van der Waals surface area contributed by atoms with Gasteiger partial charge in [0.15, 0.2) is 0 Å². The number of methoxy groups -OCH3 is 1. The maximum atomic E-state index is 12.1. The van der Waals surface area contributed by atoms with Crippen LogP contribution >= 0.6 is 0 Å². The predicted octanol–water partition coefficient (Wildman–Crippen LogP) is 2.84. The minimum atomic E-state index is -0.199. The van der Waals surface area contributed by atoms with Crippen LogP contribution in [0.1, 0.15) is 30.1 Å². The van der Waals surface area contributed by atoms with Crippen molar-refractivity contribution in [3.8, 4) is 5.75 Å². The van der Waals surface area contributed by atoms with Crippen molar-refractivity contribution in [2.45, 2.75) is 25.4 Å². The molecule has 6 heteroatoms. The Kier molecular flexibility index (Phi) is 6.44. The topological polar surface area (TPSA) is 76.7 Å². The molecule has 0 aliphatic carbocycles. The van der Waals surface area contributed by atoms with Gasteiger partial charge in [-0.3, -0.25) is 9.59 Å². The summed E-state index contributed by atoms with van der Waals surface area (Å²) < 4.78 is 10.9. The second-order valence-corrected chi connectivity index (χ2v) is 6.39. The zero-order valence-electron chi connectivity index (χ0n) is 15.4. The summed E-state index contributed by atoms with van der Waals surface area (Å²) in [4.78, 5) is 24.1. The summed E-state index contributed by atoms with van der Waals surface area (Å²) in [6.07, 6.45) is 1.02. The summed E-state index contributed by atoms with van der Waals surface area (Å²) in [5.41, 5.74) is 3.07. The number of anilines is 1. The number of carbonyl (C=O) groups is 2. The molecule has 1 heterocycles. The van der Waals surface area contributed by atoms with Crippen LogP contribution < -0.4 is 15.4 Å². The fraction of sp³-hybridized carbons (Fsp3) is 0.333. The van der Waals surface area contributed by atoms with E-state index >= 15 is 0 Å². The highest BCUT2D eigenvalue weighted by Crippen LogP contribution is 2.26. The molecule has 2 amide bonds. The van der Waals surface area contributed by atoms with Gasteiger partial charge in [-0.15, -0.1) is 0 Å². The zero-order chi connectivity index (χ0) is 19.1. The van der Waals surface area contributed by atoms with Crippen molar-refractivity contribution < 1.29 is 19.1 Å². The van der Waals surface area contributed by atoms with E-state index in [1.54, 1.807) is 31.4 Å². The smallest absolute Gasteiger partial charge is 0.224 e. The van der Waals surface area contributed by atoms with E-state index in [1.807, 2.05) is 18.2 Å². The van der Waals surface area contributed by atoms with Crippen LogP contribution in [0.2, 0.25) is 0 Å². The Bertz CT molecular complexity index is 789. The number of nitrogens with one attached hydrogen (secondary N) is 2. The summed E-state index contributed by atoms with van der Waals surface area (Å²) in [5, 5.41) is 5.63. The normalized spacial score (nSPS) is 15.5. The van der Waals surface area contributed by atoms with Crippen molar-refractivity contribution in [1.29, 1.82) is 0 Å². The summed E-state index contributed by atoms with van der Waals surface area (Å²) in [5.74, 6) is 0.361. The van der Waals surface area contributed by atoms with Crippen LogP contribution in [0.5, 0.6) is 5.75 Å². The Morgan fingerprint density at radius 3 is 2.59 bits per heavy atom. The highest BCUT2D eigenvalue weighted by Gasteiger charge is 2.20. The van der Waals surface area contributed by atoms with Gasteiger partial charge in [-0.05, 0) is 41.8 Å². The average Bonchev–Trinajstić information content (AvgIpc) is 2.71. The van der Waals surface area contributed by atoms with Crippen molar-refractivity contribution in [3.05, 3.63) is 59.7 Å². The molecule has 0 bridgehead atoms. The number of carbonyl (C=O) groups excluding carboxylic acids is 2. The van der Waals surface area contributed by atoms with E-state index in [0.29, 0.717) is 18.8 Å².